The van der Waals surface area contributed by atoms with Crippen molar-refractivity contribution in [2.75, 3.05) is 41.0 Å². The molecule has 9 heteroatoms. The number of rotatable bonds is 10. The van der Waals surface area contributed by atoms with E-state index >= 15 is 0 Å². The van der Waals surface area contributed by atoms with Crippen LogP contribution in [0.5, 0.6) is 17.2 Å². The van der Waals surface area contributed by atoms with Gasteiger partial charge in [-0.1, -0.05) is 25.1 Å². The van der Waals surface area contributed by atoms with Crippen molar-refractivity contribution < 1.29 is 24.1 Å². The molecule has 0 amide bonds. The van der Waals surface area contributed by atoms with Crippen molar-refractivity contribution in [3.05, 3.63) is 69.7 Å². The van der Waals surface area contributed by atoms with Gasteiger partial charge in [0.2, 0.25) is 0 Å². The molecule has 1 N–H and O–H groups in total. The summed E-state index contributed by atoms with van der Waals surface area (Å²) in [6.07, 6.45) is 3.20. The highest BCUT2D eigenvalue weighted by atomic mass is 32.1. The third-order valence-electron chi connectivity index (χ3n) is 8.80. The Bertz CT molecular complexity index is 1630. The smallest absolute Gasteiger partial charge is 0.338 e. The molecule has 2 aliphatic rings. The largest absolute Gasteiger partial charge is 0.497 e. The third kappa shape index (κ3) is 5.69. The number of carbonyl (C=O) groups is 1. The van der Waals surface area contributed by atoms with E-state index in [2.05, 4.69) is 28.9 Å². The standard InChI is InChI=1S/C34H39N3O5S/c1-5-22-18-37(17-21-8-11-24(40-2)12-9-21)20-28-29(22)32-30(23-10-13-26(41-3)27(16-23)42-4)31(34(38)39)25(35-33(32)43-28)19-36-14-6-7-15-36/h8-13,16,22H,5-7,14-15,17-20H2,1-4H3,(H,38,39). The molecule has 1 atom stereocenters. The van der Waals surface area contributed by atoms with E-state index in [-0.39, 0.29) is 5.92 Å². The molecule has 2 aromatic heterocycles. The van der Waals surface area contributed by atoms with Gasteiger partial charge in [-0.25, -0.2) is 9.78 Å². The number of likely N-dealkylation sites (tertiary alicyclic amines) is 1. The monoisotopic (exact) mass is 601 g/mol. The minimum Gasteiger partial charge on any atom is -0.497 e. The zero-order chi connectivity index (χ0) is 30.1. The van der Waals surface area contributed by atoms with Gasteiger partial charge in [0, 0.05) is 42.0 Å². The minimum absolute atomic E-state index is 0.252. The molecule has 0 bridgehead atoms. The maximum absolute atomic E-state index is 13.1. The van der Waals surface area contributed by atoms with Crippen molar-refractivity contribution in [2.45, 2.75) is 51.7 Å². The van der Waals surface area contributed by atoms with E-state index < -0.39 is 5.97 Å². The van der Waals surface area contributed by atoms with Crippen LogP contribution >= 0.6 is 11.3 Å². The number of pyridine rings is 1. The Hall–Kier alpha value is -3.66. The van der Waals surface area contributed by atoms with E-state index in [1.165, 1.54) is 16.0 Å². The molecule has 43 heavy (non-hydrogen) atoms. The number of aromatic nitrogens is 1. The number of carboxylic acid groups (broad SMARTS) is 1. The molecule has 0 aliphatic carbocycles. The lowest BCUT2D eigenvalue weighted by Crippen LogP contribution is -2.32. The van der Waals surface area contributed by atoms with Crippen LogP contribution in [0.3, 0.4) is 0 Å². The minimum atomic E-state index is -0.946. The summed E-state index contributed by atoms with van der Waals surface area (Å²) in [6, 6.07) is 14.0. The zero-order valence-corrected chi connectivity index (χ0v) is 26.1. The maximum atomic E-state index is 13.1. The Morgan fingerprint density at radius 1 is 0.977 bits per heavy atom. The van der Waals surface area contributed by atoms with Crippen LogP contribution < -0.4 is 14.2 Å². The number of methoxy groups -OCH3 is 3. The Balaban J connectivity index is 1.52. The number of benzene rings is 2. The molecule has 8 nitrogen and oxygen atoms in total. The Kier molecular flexibility index (Phi) is 8.56. The number of hydrogen-bond acceptors (Lipinski definition) is 8. The van der Waals surface area contributed by atoms with Crippen LogP contribution in [-0.2, 0) is 19.6 Å². The number of carboxylic acids is 1. The summed E-state index contributed by atoms with van der Waals surface area (Å²) in [5.74, 6) is 1.34. The van der Waals surface area contributed by atoms with Gasteiger partial charge in [0.1, 0.15) is 10.6 Å². The highest BCUT2D eigenvalue weighted by Gasteiger charge is 2.34. The van der Waals surface area contributed by atoms with Crippen LogP contribution in [0.1, 0.15) is 64.2 Å². The third-order valence-corrected chi connectivity index (χ3v) is 9.88. The predicted octanol–water partition coefficient (Wildman–Crippen LogP) is 6.79. The number of aromatic carboxylic acids is 1. The Labute approximate surface area is 256 Å². The van der Waals surface area contributed by atoms with Gasteiger partial charge >= 0.3 is 5.97 Å². The molecule has 0 saturated carbocycles. The van der Waals surface area contributed by atoms with Crippen molar-refractivity contribution in [3.63, 3.8) is 0 Å². The molecule has 2 aliphatic heterocycles. The van der Waals surface area contributed by atoms with Gasteiger partial charge in [-0.15, -0.1) is 11.3 Å². The quantitative estimate of drug-likeness (QED) is 0.213. The van der Waals surface area contributed by atoms with E-state index in [1.807, 2.05) is 30.3 Å². The average Bonchev–Trinajstić information content (AvgIpc) is 3.67. The predicted molar refractivity (Wildman–Crippen MR) is 170 cm³/mol. The fourth-order valence-corrected chi connectivity index (χ4v) is 8.01. The summed E-state index contributed by atoms with van der Waals surface area (Å²) in [6.45, 7) is 7.20. The molecule has 4 aromatic rings. The molecular weight excluding hydrogens is 562 g/mol. The maximum Gasteiger partial charge on any atom is 0.338 e. The lowest BCUT2D eigenvalue weighted by atomic mass is 9.85. The highest BCUT2D eigenvalue weighted by molar-refractivity contribution is 7.19. The summed E-state index contributed by atoms with van der Waals surface area (Å²) in [5.41, 5.74) is 4.97. The van der Waals surface area contributed by atoms with E-state index in [0.717, 1.165) is 79.1 Å². The van der Waals surface area contributed by atoms with Crippen LogP contribution in [0.15, 0.2) is 42.5 Å². The first kappa shape index (κ1) is 29.4. The lowest BCUT2D eigenvalue weighted by molar-refractivity contribution is 0.0695. The number of fused-ring (bicyclic) bond motifs is 3. The van der Waals surface area contributed by atoms with Crippen LogP contribution in [0, 0.1) is 0 Å². The van der Waals surface area contributed by atoms with E-state index in [4.69, 9.17) is 19.2 Å². The second-order valence-electron chi connectivity index (χ2n) is 11.4. The molecule has 0 spiro atoms. The van der Waals surface area contributed by atoms with Gasteiger partial charge in [0.05, 0.1) is 32.6 Å². The van der Waals surface area contributed by atoms with Gasteiger partial charge in [0.25, 0.3) is 0 Å². The Morgan fingerprint density at radius 2 is 1.72 bits per heavy atom. The summed E-state index contributed by atoms with van der Waals surface area (Å²) in [5, 5.41) is 11.7. The van der Waals surface area contributed by atoms with Crippen LogP contribution in [0.2, 0.25) is 0 Å². The van der Waals surface area contributed by atoms with Gasteiger partial charge in [-0.3, -0.25) is 9.80 Å². The zero-order valence-electron chi connectivity index (χ0n) is 25.3. The first-order chi connectivity index (χ1) is 20.9. The molecule has 6 rings (SSSR count). The van der Waals surface area contributed by atoms with Gasteiger partial charge < -0.3 is 19.3 Å². The molecule has 2 aromatic carbocycles. The van der Waals surface area contributed by atoms with Crippen LogP contribution in [0.25, 0.3) is 21.3 Å². The fourth-order valence-electron chi connectivity index (χ4n) is 6.69. The first-order valence-electron chi connectivity index (χ1n) is 15.0. The molecule has 4 heterocycles. The van der Waals surface area contributed by atoms with E-state index in [1.54, 1.807) is 32.7 Å². The molecule has 1 unspecified atom stereocenters. The highest BCUT2D eigenvalue weighted by Crippen LogP contribution is 2.48. The van der Waals surface area contributed by atoms with Gasteiger partial charge in [-0.05, 0) is 79.2 Å². The van der Waals surface area contributed by atoms with Gasteiger partial charge in [-0.2, -0.15) is 0 Å². The normalized spacial score (nSPS) is 17.3. The Morgan fingerprint density at radius 3 is 2.37 bits per heavy atom. The lowest BCUT2D eigenvalue weighted by Gasteiger charge is -2.33. The number of nitrogens with zero attached hydrogens (tertiary/aromatic N) is 3. The molecule has 0 radical (unpaired) electrons. The molecule has 1 fully saturated rings. The number of hydrogen-bond donors (Lipinski definition) is 1. The number of thiophene rings is 1. The topological polar surface area (TPSA) is 84.4 Å². The summed E-state index contributed by atoms with van der Waals surface area (Å²) in [4.78, 5) is 25.3. The summed E-state index contributed by atoms with van der Waals surface area (Å²) < 4.78 is 16.5. The molecule has 226 valence electrons. The SMILES string of the molecule is CCC1CN(Cc2ccc(OC)cc2)Cc2sc3nc(CN4CCCC4)c(C(=O)O)c(-c4ccc(OC)c(OC)c4)c3c21. The second-order valence-corrected chi connectivity index (χ2v) is 12.5. The second kappa shape index (κ2) is 12.5. The van der Waals surface area contributed by atoms with Crippen molar-refractivity contribution in [1.82, 2.24) is 14.8 Å². The van der Waals surface area contributed by atoms with Crippen LogP contribution in [0.4, 0.5) is 0 Å². The van der Waals surface area contributed by atoms with E-state index in [0.29, 0.717) is 29.3 Å². The van der Waals surface area contributed by atoms with Crippen LogP contribution in [-0.4, -0.2) is 66.8 Å². The van der Waals surface area contributed by atoms with E-state index in [9.17, 15) is 9.90 Å². The fraction of sp³-hybridized carbons (Fsp3) is 0.412. The van der Waals surface area contributed by atoms with Crippen molar-refractivity contribution in [2.24, 2.45) is 0 Å². The summed E-state index contributed by atoms with van der Waals surface area (Å²) >= 11 is 1.72. The van der Waals surface area contributed by atoms with Crippen molar-refractivity contribution >= 4 is 27.5 Å². The number of ether oxygens (including phenoxy) is 3. The summed E-state index contributed by atoms with van der Waals surface area (Å²) in [7, 11) is 4.90. The first-order valence-corrected chi connectivity index (χ1v) is 15.8. The molecular formula is C34H39N3O5S. The van der Waals surface area contributed by atoms with Crippen molar-refractivity contribution in [1.29, 1.82) is 0 Å². The average molecular weight is 602 g/mol. The molecule has 1 saturated heterocycles. The van der Waals surface area contributed by atoms with Gasteiger partial charge in [0.15, 0.2) is 11.5 Å². The van der Waals surface area contributed by atoms with Crippen molar-refractivity contribution in [3.8, 4) is 28.4 Å².